The van der Waals surface area contributed by atoms with E-state index in [1.807, 2.05) is 56.3 Å². The van der Waals surface area contributed by atoms with E-state index in [2.05, 4.69) is 21.8 Å². The van der Waals surface area contributed by atoms with E-state index in [0.29, 0.717) is 17.3 Å². The summed E-state index contributed by atoms with van der Waals surface area (Å²) in [5.74, 6) is 0.482. The van der Waals surface area contributed by atoms with Crippen molar-refractivity contribution < 1.29 is 14.6 Å². The molecule has 7 heteroatoms. The number of halogens is 1. The van der Waals surface area contributed by atoms with Gasteiger partial charge in [0.1, 0.15) is 17.9 Å². The molecule has 0 radical (unpaired) electrons. The molecule has 3 rings (SSSR count). The molecule has 0 fully saturated rings. The van der Waals surface area contributed by atoms with Crippen molar-refractivity contribution in [1.29, 1.82) is 0 Å². The van der Waals surface area contributed by atoms with Crippen LogP contribution in [0.5, 0.6) is 5.75 Å². The second-order valence-electron chi connectivity index (χ2n) is 7.38. The van der Waals surface area contributed by atoms with E-state index in [-0.39, 0.29) is 6.61 Å². The van der Waals surface area contributed by atoms with Gasteiger partial charge in [0.05, 0.1) is 5.69 Å². The van der Waals surface area contributed by atoms with Crippen molar-refractivity contribution in [3.8, 4) is 17.0 Å². The minimum absolute atomic E-state index is 0.351. The summed E-state index contributed by atoms with van der Waals surface area (Å²) >= 11 is 6.03. The van der Waals surface area contributed by atoms with Crippen LogP contribution in [0.3, 0.4) is 0 Å². The Morgan fingerprint density at radius 1 is 1.13 bits per heavy atom. The fraction of sp³-hybridized carbons (Fsp3) is 0.292. The quantitative estimate of drug-likeness (QED) is 0.488. The van der Waals surface area contributed by atoms with Crippen molar-refractivity contribution >= 4 is 23.4 Å². The van der Waals surface area contributed by atoms with E-state index in [1.54, 1.807) is 6.33 Å². The van der Waals surface area contributed by atoms with Gasteiger partial charge in [0.25, 0.3) is 0 Å². The molecule has 0 aliphatic rings. The lowest BCUT2D eigenvalue weighted by atomic mass is 10.1. The number of benzene rings is 2. The van der Waals surface area contributed by atoms with Gasteiger partial charge in [-0.1, -0.05) is 42.8 Å². The molecule has 0 saturated heterocycles. The minimum atomic E-state index is -0.992. The number of anilines is 1. The largest absolute Gasteiger partial charge is 0.482 e. The molecule has 1 N–H and O–H groups in total. The summed E-state index contributed by atoms with van der Waals surface area (Å²) < 4.78 is 5.34. The average molecular weight is 440 g/mol. The van der Waals surface area contributed by atoms with Crippen LogP contribution in [-0.4, -0.2) is 34.2 Å². The SMILES string of the molecule is CCCN(Cc1ccc(OCC(=O)O)c(C)c1)c1ncnc(-c2ccc(Cl)cc2)c1C. The van der Waals surface area contributed by atoms with Crippen molar-refractivity contribution in [2.24, 2.45) is 0 Å². The molecule has 2 aromatic carbocycles. The molecule has 0 unspecified atom stereocenters. The van der Waals surface area contributed by atoms with E-state index in [1.165, 1.54) is 0 Å². The molecule has 1 aromatic heterocycles. The Kier molecular flexibility index (Phi) is 7.47. The number of aryl methyl sites for hydroxylation is 1. The fourth-order valence-electron chi connectivity index (χ4n) is 3.52. The van der Waals surface area contributed by atoms with Crippen molar-refractivity contribution in [2.45, 2.75) is 33.7 Å². The van der Waals surface area contributed by atoms with Gasteiger partial charge in [0.15, 0.2) is 6.61 Å². The van der Waals surface area contributed by atoms with Crippen LogP contribution >= 0.6 is 11.6 Å². The number of carboxylic acid groups (broad SMARTS) is 1. The highest BCUT2D eigenvalue weighted by molar-refractivity contribution is 6.30. The maximum absolute atomic E-state index is 10.8. The molecule has 0 spiro atoms. The Morgan fingerprint density at radius 2 is 1.87 bits per heavy atom. The van der Waals surface area contributed by atoms with Gasteiger partial charge < -0.3 is 14.7 Å². The van der Waals surface area contributed by atoms with Crippen LogP contribution in [0.25, 0.3) is 11.3 Å². The highest BCUT2D eigenvalue weighted by Gasteiger charge is 2.16. The zero-order chi connectivity index (χ0) is 22.4. The Bertz CT molecular complexity index is 1050. The van der Waals surface area contributed by atoms with Crippen LogP contribution in [0.1, 0.15) is 30.0 Å². The number of aromatic nitrogens is 2. The first kappa shape index (κ1) is 22.6. The summed E-state index contributed by atoms with van der Waals surface area (Å²) in [4.78, 5) is 22.1. The second kappa shape index (κ2) is 10.3. The van der Waals surface area contributed by atoms with Gasteiger partial charge in [-0.05, 0) is 49.6 Å². The third-order valence-corrected chi connectivity index (χ3v) is 5.18. The summed E-state index contributed by atoms with van der Waals surface area (Å²) in [5.41, 5.74) is 4.89. The number of ether oxygens (including phenoxy) is 1. The highest BCUT2D eigenvalue weighted by Crippen LogP contribution is 2.29. The molecule has 1 heterocycles. The summed E-state index contributed by atoms with van der Waals surface area (Å²) in [7, 11) is 0. The molecule has 0 bridgehead atoms. The molecule has 0 amide bonds. The van der Waals surface area contributed by atoms with Gasteiger partial charge in [-0.15, -0.1) is 0 Å². The normalized spacial score (nSPS) is 10.7. The second-order valence-corrected chi connectivity index (χ2v) is 7.82. The van der Waals surface area contributed by atoms with E-state index >= 15 is 0 Å². The van der Waals surface area contributed by atoms with E-state index in [0.717, 1.165) is 46.7 Å². The van der Waals surface area contributed by atoms with Gasteiger partial charge in [-0.3, -0.25) is 0 Å². The van der Waals surface area contributed by atoms with Gasteiger partial charge in [-0.2, -0.15) is 0 Å². The van der Waals surface area contributed by atoms with Crippen LogP contribution < -0.4 is 9.64 Å². The van der Waals surface area contributed by atoms with E-state index < -0.39 is 5.97 Å². The average Bonchev–Trinajstić information content (AvgIpc) is 2.74. The van der Waals surface area contributed by atoms with Gasteiger partial charge in [0, 0.05) is 29.2 Å². The lowest BCUT2D eigenvalue weighted by molar-refractivity contribution is -0.139. The van der Waals surface area contributed by atoms with E-state index in [4.69, 9.17) is 21.4 Å². The fourth-order valence-corrected chi connectivity index (χ4v) is 3.65. The summed E-state index contributed by atoms with van der Waals surface area (Å²) in [5, 5.41) is 9.51. The molecule has 0 saturated carbocycles. The lowest BCUT2D eigenvalue weighted by Gasteiger charge is -2.26. The summed E-state index contributed by atoms with van der Waals surface area (Å²) in [6.07, 6.45) is 2.57. The minimum Gasteiger partial charge on any atom is -0.482 e. The third-order valence-electron chi connectivity index (χ3n) is 4.93. The van der Waals surface area contributed by atoms with Crippen LogP contribution in [0.4, 0.5) is 5.82 Å². The molecule has 0 atom stereocenters. The Morgan fingerprint density at radius 3 is 2.52 bits per heavy atom. The number of rotatable bonds is 9. The lowest BCUT2D eigenvalue weighted by Crippen LogP contribution is -2.25. The molecule has 31 heavy (non-hydrogen) atoms. The van der Waals surface area contributed by atoms with Gasteiger partial charge in [0.2, 0.25) is 0 Å². The molecule has 6 nitrogen and oxygen atoms in total. The first-order valence-corrected chi connectivity index (χ1v) is 10.5. The predicted octanol–water partition coefficient (Wildman–Crippen LogP) is 5.29. The van der Waals surface area contributed by atoms with Gasteiger partial charge in [-0.25, -0.2) is 14.8 Å². The maximum Gasteiger partial charge on any atom is 0.341 e. The summed E-state index contributed by atoms with van der Waals surface area (Å²) in [6.45, 7) is 7.25. The first-order valence-electron chi connectivity index (χ1n) is 10.2. The van der Waals surface area contributed by atoms with Crippen LogP contribution in [-0.2, 0) is 11.3 Å². The molecule has 162 valence electrons. The number of hydrogen-bond donors (Lipinski definition) is 1. The topological polar surface area (TPSA) is 75.5 Å². The van der Waals surface area contributed by atoms with Gasteiger partial charge >= 0.3 is 5.97 Å². The Hall–Kier alpha value is -3.12. The molecule has 0 aliphatic heterocycles. The number of hydrogen-bond acceptors (Lipinski definition) is 5. The zero-order valence-electron chi connectivity index (χ0n) is 17.9. The molecule has 0 aliphatic carbocycles. The van der Waals surface area contributed by atoms with Crippen LogP contribution in [0.15, 0.2) is 48.8 Å². The number of aliphatic carboxylic acids is 1. The Labute approximate surface area is 187 Å². The van der Waals surface area contributed by atoms with Crippen LogP contribution in [0, 0.1) is 13.8 Å². The first-order chi connectivity index (χ1) is 14.9. The standard InChI is InChI=1S/C24H26ClN3O3/c1-4-11-28(13-18-5-10-21(16(2)12-18)31-14-22(29)30)24-17(3)23(26-15-27-24)19-6-8-20(25)9-7-19/h5-10,12,15H,4,11,13-14H2,1-3H3,(H,29,30). The molecular formula is C24H26ClN3O3. The van der Waals surface area contributed by atoms with Crippen molar-refractivity contribution in [3.05, 3.63) is 70.5 Å². The number of carbonyl (C=O) groups is 1. The number of carboxylic acids is 1. The van der Waals surface area contributed by atoms with Crippen molar-refractivity contribution in [3.63, 3.8) is 0 Å². The van der Waals surface area contributed by atoms with Crippen molar-refractivity contribution in [2.75, 3.05) is 18.1 Å². The number of nitrogens with zero attached hydrogens (tertiary/aromatic N) is 3. The highest BCUT2D eigenvalue weighted by atomic mass is 35.5. The molecule has 3 aromatic rings. The maximum atomic E-state index is 10.8. The van der Waals surface area contributed by atoms with E-state index in [9.17, 15) is 4.79 Å². The zero-order valence-corrected chi connectivity index (χ0v) is 18.7. The Balaban J connectivity index is 1.87. The monoisotopic (exact) mass is 439 g/mol. The smallest absolute Gasteiger partial charge is 0.341 e. The van der Waals surface area contributed by atoms with Crippen molar-refractivity contribution in [1.82, 2.24) is 9.97 Å². The third kappa shape index (κ3) is 5.73. The van der Waals surface area contributed by atoms with Crippen LogP contribution in [0.2, 0.25) is 5.02 Å². The summed E-state index contributed by atoms with van der Waals surface area (Å²) in [6, 6.07) is 13.5. The molecular weight excluding hydrogens is 414 g/mol. The predicted molar refractivity (Wildman–Crippen MR) is 123 cm³/mol.